The molecule has 2 N–H and O–H groups in total. The summed E-state index contributed by atoms with van der Waals surface area (Å²) in [7, 11) is 0. The highest BCUT2D eigenvalue weighted by Gasteiger charge is 2.41. The summed E-state index contributed by atoms with van der Waals surface area (Å²) < 4.78 is 0. The largest absolute Gasteiger partial charge is 0.396 e. The number of nitrogens with zero attached hydrogens (tertiary/aromatic N) is 2. The van der Waals surface area contributed by atoms with Gasteiger partial charge in [0.2, 0.25) is 0 Å². The first-order valence-electron chi connectivity index (χ1n) is 4.98. The van der Waals surface area contributed by atoms with Gasteiger partial charge in [0.15, 0.2) is 0 Å². The number of aliphatic hydroxyl groups excluding tert-OH is 1. The van der Waals surface area contributed by atoms with E-state index in [1.165, 1.54) is 0 Å². The van der Waals surface area contributed by atoms with E-state index >= 15 is 0 Å². The lowest BCUT2D eigenvalue weighted by Crippen LogP contribution is -2.19. The number of pyridine rings is 1. The van der Waals surface area contributed by atoms with Crippen LogP contribution in [0.3, 0.4) is 0 Å². The third-order valence-electron chi connectivity index (χ3n) is 2.89. The Morgan fingerprint density at radius 3 is 3.00 bits per heavy atom. The minimum absolute atomic E-state index is 0.0442. The average Bonchev–Trinajstić information content (AvgIpc) is 3.07. The summed E-state index contributed by atoms with van der Waals surface area (Å²) in [6.07, 6.45) is 5.35. The molecule has 0 atom stereocenters. The first kappa shape index (κ1) is 9.94. The number of aromatic nitrogens is 1. The topological polar surface area (TPSA) is 68.9 Å². The lowest BCUT2D eigenvalue weighted by molar-refractivity contribution is 0.220. The molecule has 4 nitrogen and oxygen atoms in total. The fourth-order valence-corrected chi connectivity index (χ4v) is 1.48. The molecule has 0 aromatic carbocycles. The van der Waals surface area contributed by atoms with E-state index in [0.29, 0.717) is 12.1 Å². The van der Waals surface area contributed by atoms with Crippen LogP contribution in [-0.2, 0) is 0 Å². The molecule has 1 aliphatic carbocycles. The van der Waals surface area contributed by atoms with Crippen molar-refractivity contribution in [3.05, 3.63) is 24.0 Å². The summed E-state index contributed by atoms with van der Waals surface area (Å²) in [5.41, 5.74) is 1.39. The fourth-order valence-electron chi connectivity index (χ4n) is 1.48. The van der Waals surface area contributed by atoms with E-state index in [4.69, 9.17) is 10.4 Å². The zero-order valence-corrected chi connectivity index (χ0v) is 8.40. The minimum atomic E-state index is 0.0442. The van der Waals surface area contributed by atoms with E-state index in [1.807, 2.05) is 0 Å². The Morgan fingerprint density at radius 2 is 2.40 bits per heavy atom. The molecule has 4 heteroatoms. The fraction of sp³-hybridized carbons (Fsp3) is 0.455. The van der Waals surface area contributed by atoms with E-state index in [9.17, 15) is 0 Å². The number of aliphatic hydroxyl groups is 1. The van der Waals surface area contributed by atoms with E-state index < -0.39 is 0 Å². The van der Waals surface area contributed by atoms with Gasteiger partial charge >= 0.3 is 0 Å². The van der Waals surface area contributed by atoms with Crippen LogP contribution < -0.4 is 5.32 Å². The average molecular weight is 203 g/mol. The number of nitrogens with one attached hydrogen (secondary N) is 1. The molecule has 0 amide bonds. The first-order valence-corrected chi connectivity index (χ1v) is 4.98. The second kappa shape index (κ2) is 3.87. The molecular formula is C11H13N3O. The highest BCUT2D eigenvalue weighted by molar-refractivity contribution is 5.55. The molecule has 0 bridgehead atoms. The summed E-state index contributed by atoms with van der Waals surface area (Å²) >= 11 is 0. The van der Waals surface area contributed by atoms with E-state index in [1.54, 1.807) is 18.5 Å². The molecule has 0 aliphatic heterocycles. The van der Waals surface area contributed by atoms with Gasteiger partial charge in [-0.05, 0) is 18.9 Å². The Hall–Kier alpha value is -1.60. The Labute approximate surface area is 88.6 Å². The van der Waals surface area contributed by atoms with E-state index in [-0.39, 0.29) is 12.0 Å². The predicted molar refractivity (Wildman–Crippen MR) is 56.2 cm³/mol. The van der Waals surface area contributed by atoms with Crippen molar-refractivity contribution in [1.82, 2.24) is 4.98 Å². The van der Waals surface area contributed by atoms with Crippen LogP contribution in [0.4, 0.5) is 5.69 Å². The van der Waals surface area contributed by atoms with Gasteiger partial charge in [0, 0.05) is 18.2 Å². The van der Waals surface area contributed by atoms with Gasteiger partial charge in [0.25, 0.3) is 0 Å². The van der Waals surface area contributed by atoms with Crippen molar-refractivity contribution >= 4 is 5.69 Å². The monoisotopic (exact) mass is 203 g/mol. The lowest BCUT2D eigenvalue weighted by atomic mass is 10.1. The third-order valence-corrected chi connectivity index (χ3v) is 2.89. The van der Waals surface area contributed by atoms with Gasteiger partial charge in [0.05, 0.1) is 24.1 Å². The minimum Gasteiger partial charge on any atom is -0.396 e. The summed E-state index contributed by atoms with van der Waals surface area (Å²) in [5, 5.41) is 21.2. The van der Waals surface area contributed by atoms with Gasteiger partial charge in [-0.15, -0.1) is 0 Å². The van der Waals surface area contributed by atoms with Gasteiger partial charge in [-0.2, -0.15) is 5.26 Å². The third kappa shape index (κ3) is 2.08. The first-order chi connectivity index (χ1) is 7.29. The van der Waals surface area contributed by atoms with Crippen LogP contribution in [0, 0.1) is 16.7 Å². The van der Waals surface area contributed by atoms with Crippen LogP contribution in [0.5, 0.6) is 0 Å². The molecule has 78 valence electrons. The van der Waals surface area contributed by atoms with Crippen molar-refractivity contribution in [2.75, 3.05) is 18.5 Å². The van der Waals surface area contributed by atoms with Crippen molar-refractivity contribution in [3.8, 4) is 6.07 Å². The standard InChI is InChI=1S/C11H13N3O/c12-5-9-1-4-13-6-10(9)14-7-11(8-15)2-3-11/h1,4,6,14-15H,2-3,7-8H2. The summed E-state index contributed by atoms with van der Waals surface area (Å²) in [5.74, 6) is 0. The Balaban J connectivity index is 2.02. The molecular weight excluding hydrogens is 190 g/mol. The van der Waals surface area contributed by atoms with Crippen molar-refractivity contribution < 1.29 is 5.11 Å². The molecule has 15 heavy (non-hydrogen) atoms. The van der Waals surface area contributed by atoms with Crippen LogP contribution in [0.15, 0.2) is 18.5 Å². The maximum Gasteiger partial charge on any atom is 0.101 e. The van der Waals surface area contributed by atoms with Crippen molar-refractivity contribution in [1.29, 1.82) is 5.26 Å². The van der Waals surface area contributed by atoms with Crippen molar-refractivity contribution in [2.45, 2.75) is 12.8 Å². The van der Waals surface area contributed by atoms with Gasteiger partial charge in [-0.25, -0.2) is 0 Å². The van der Waals surface area contributed by atoms with Crippen LogP contribution in [0.2, 0.25) is 0 Å². The van der Waals surface area contributed by atoms with Crippen LogP contribution in [0.25, 0.3) is 0 Å². The smallest absolute Gasteiger partial charge is 0.101 e. The van der Waals surface area contributed by atoms with Gasteiger partial charge in [0.1, 0.15) is 6.07 Å². The van der Waals surface area contributed by atoms with Gasteiger partial charge in [-0.1, -0.05) is 0 Å². The quantitative estimate of drug-likeness (QED) is 0.769. The van der Waals surface area contributed by atoms with Gasteiger partial charge < -0.3 is 10.4 Å². The number of hydrogen-bond donors (Lipinski definition) is 2. The SMILES string of the molecule is N#Cc1ccncc1NCC1(CO)CC1. The summed E-state index contributed by atoms with van der Waals surface area (Å²) in [6, 6.07) is 3.79. The zero-order valence-electron chi connectivity index (χ0n) is 8.40. The van der Waals surface area contributed by atoms with Gasteiger partial charge in [-0.3, -0.25) is 4.98 Å². The molecule has 1 aromatic rings. The van der Waals surface area contributed by atoms with E-state index in [2.05, 4.69) is 16.4 Å². The molecule has 0 spiro atoms. The number of rotatable bonds is 4. The number of hydrogen-bond acceptors (Lipinski definition) is 4. The molecule has 0 unspecified atom stereocenters. The second-order valence-electron chi connectivity index (χ2n) is 4.04. The summed E-state index contributed by atoms with van der Waals surface area (Å²) in [4.78, 5) is 3.96. The van der Waals surface area contributed by atoms with Crippen molar-refractivity contribution in [2.24, 2.45) is 5.41 Å². The Bertz CT molecular complexity index is 393. The zero-order chi connectivity index (χ0) is 10.7. The number of nitriles is 1. The predicted octanol–water partition coefficient (Wildman–Crippen LogP) is 1.14. The number of anilines is 1. The molecule has 2 rings (SSSR count). The molecule has 0 saturated heterocycles. The highest BCUT2D eigenvalue weighted by atomic mass is 16.3. The van der Waals surface area contributed by atoms with Crippen molar-refractivity contribution in [3.63, 3.8) is 0 Å². The Kier molecular flexibility index (Phi) is 2.57. The molecule has 1 fully saturated rings. The van der Waals surface area contributed by atoms with Crippen LogP contribution >= 0.6 is 0 Å². The molecule has 1 saturated carbocycles. The summed E-state index contributed by atoms with van der Waals surface area (Å²) in [6.45, 7) is 0.923. The molecule has 0 radical (unpaired) electrons. The molecule has 1 aliphatic rings. The maximum atomic E-state index is 9.14. The highest BCUT2D eigenvalue weighted by Crippen LogP contribution is 2.44. The van der Waals surface area contributed by atoms with Crippen LogP contribution in [0.1, 0.15) is 18.4 Å². The van der Waals surface area contributed by atoms with E-state index in [0.717, 1.165) is 18.5 Å². The lowest BCUT2D eigenvalue weighted by Gasteiger charge is -2.14. The second-order valence-corrected chi connectivity index (χ2v) is 4.04. The van der Waals surface area contributed by atoms with Crippen LogP contribution in [-0.4, -0.2) is 23.2 Å². The Morgan fingerprint density at radius 1 is 1.60 bits per heavy atom. The molecule has 1 heterocycles. The molecule has 1 aromatic heterocycles. The normalized spacial score (nSPS) is 16.8. The maximum absolute atomic E-state index is 9.14.